The third-order valence-electron chi connectivity index (χ3n) is 10.5. The maximum atomic E-state index is 13.9. The standard InChI is InChI=1S/C25H40O4/c1-6-15-19-11-20(26)13(2)12-25(19,5)18-9-10-24(4)16(14(3)23(28)29)7-8-17(24)21(18)22(15)27/h13-19,21,23,28-29H,6-12H2,1-5H3/t13?,14-,15+,16?,17?,18?,19?,21?,24+,25+/m0/s1. The van der Waals surface area contributed by atoms with Crippen LogP contribution in [-0.4, -0.2) is 28.1 Å². The van der Waals surface area contributed by atoms with Crippen LogP contribution in [0.25, 0.3) is 0 Å². The van der Waals surface area contributed by atoms with Crippen LogP contribution < -0.4 is 0 Å². The molecular formula is C25H40O4. The van der Waals surface area contributed by atoms with Gasteiger partial charge in [0, 0.05) is 30.1 Å². The molecule has 4 fully saturated rings. The number of Topliss-reactive ketones (excluding diaryl/α,β-unsaturated/α-hetero) is 2. The van der Waals surface area contributed by atoms with Crippen LogP contribution in [-0.2, 0) is 9.59 Å². The first-order chi connectivity index (χ1) is 13.6. The average Bonchev–Trinajstić information content (AvgIpc) is 3.01. The quantitative estimate of drug-likeness (QED) is 0.691. The molecule has 4 aliphatic carbocycles. The third kappa shape index (κ3) is 2.91. The molecule has 0 bridgehead atoms. The third-order valence-corrected chi connectivity index (χ3v) is 10.5. The Kier molecular flexibility index (Phi) is 5.30. The molecule has 2 N–H and O–H groups in total. The molecule has 4 saturated carbocycles. The van der Waals surface area contributed by atoms with Crippen molar-refractivity contribution in [1.29, 1.82) is 0 Å². The second-order valence-corrected chi connectivity index (χ2v) is 11.5. The Balaban J connectivity index is 1.72. The van der Waals surface area contributed by atoms with Gasteiger partial charge in [0.1, 0.15) is 11.6 Å². The second-order valence-electron chi connectivity index (χ2n) is 11.5. The van der Waals surface area contributed by atoms with Gasteiger partial charge in [-0.15, -0.1) is 0 Å². The van der Waals surface area contributed by atoms with Crippen molar-refractivity contribution >= 4 is 11.6 Å². The van der Waals surface area contributed by atoms with E-state index in [9.17, 15) is 19.8 Å². The van der Waals surface area contributed by atoms with E-state index in [1.165, 1.54) is 0 Å². The number of aliphatic hydroxyl groups excluding tert-OH is 1. The highest BCUT2D eigenvalue weighted by Crippen LogP contribution is 2.68. The van der Waals surface area contributed by atoms with Crippen LogP contribution in [0.4, 0.5) is 0 Å². The fourth-order valence-corrected chi connectivity index (χ4v) is 8.92. The topological polar surface area (TPSA) is 74.6 Å². The summed E-state index contributed by atoms with van der Waals surface area (Å²) < 4.78 is 0. The van der Waals surface area contributed by atoms with Gasteiger partial charge in [0.2, 0.25) is 0 Å². The van der Waals surface area contributed by atoms with Crippen molar-refractivity contribution in [2.24, 2.45) is 58.2 Å². The predicted octanol–water partition coefficient (Wildman–Crippen LogP) is 4.22. The van der Waals surface area contributed by atoms with Crippen molar-refractivity contribution in [1.82, 2.24) is 0 Å². The fourth-order valence-electron chi connectivity index (χ4n) is 8.92. The van der Waals surface area contributed by atoms with Gasteiger partial charge in [0.05, 0.1) is 0 Å². The molecule has 0 aromatic heterocycles. The molecule has 6 unspecified atom stereocenters. The smallest absolute Gasteiger partial charge is 0.154 e. The van der Waals surface area contributed by atoms with Gasteiger partial charge in [0.15, 0.2) is 6.29 Å². The van der Waals surface area contributed by atoms with Crippen molar-refractivity contribution in [3.63, 3.8) is 0 Å². The normalized spacial score (nSPS) is 50.8. The summed E-state index contributed by atoms with van der Waals surface area (Å²) in [7, 11) is 0. The van der Waals surface area contributed by atoms with Gasteiger partial charge in [-0.25, -0.2) is 0 Å². The van der Waals surface area contributed by atoms with Gasteiger partial charge in [-0.3, -0.25) is 9.59 Å². The summed E-state index contributed by atoms with van der Waals surface area (Å²) in [6.07, 6.45) is 5.18. The van der Waals surface area contributed by atoms with Crippen LogP contribution in [0.5, 0.6) is 0 Å². The lowest BCUT2D eigenvalue weighted by atomic mass is 9.41. The van der Waals surface area contributed by atoms with E-state index in [1.54, 1.807) is 0 Å². The van der Waals surface area contributed by atoms with E-state index < -0.39 is 6.29 Å². The maximum Gasteiger partial charge on any atom is 0.154 e. The first-order valence-electron chi connectivity index (χ1n) is 12.0. The average molecular weight is 405 g/mol. The molecule has 0 radical (unpaired) electrons. The molecule has 0 aliphatic heterocycles. The number of aliphatic hydroxyl groups is 2. The SMILES string of the molecule is CC[C@H]1C(=O)C2C3CCC([C@H](C)C(O)O)[C@@]3(C)CCC2[C@@]2(C)CC(C)C(=O)CC12. The number of carbonyl (C=O) groups excluding carboxylic acids is 2. The Hall–Kier alpha value is -0.740. The first kappa shape index (κ1) is 21.5. The molecule has 4 heteroatoms. The van der Waals surface area contributed by atoms with Gasteiger partial charge < -0.3 is 10.2 Å². The first-order valence-corrected chi connectivity index (χ1v) is 12.0. The van der Waals surface area contributed by atoms with Gasteiger partial charge in [-0.05, 0) is 73.0 Å². The summed E-state index contributed by atoms with van der Waals surface area (Å²) in [5, 5.41) is 19.7. The van der Waals surface area contributed by atoms with Crippen LogP contribution in [0.3, 0.4) is 0 Å². The highest BCUT2D eigenvalue weighted by molar-refractivity contribution is 5.88. The van der Waals surface area contributed by atoms with E-state index in [0.717, 1.165) is 38.5 Å². The number of hydrogen-bond acceptors (Lipinski definition) is 4. The van der Waals surface area contributed by atoms with Gasteiger partial charge in [0.25, 0.3) is 0 Å². The fraction of sp³-hybridized carbons (Fsp3) is 0.920. The zero-order valence-corrected chi connectivity index (χ0v) is 18.9. The monoisotopic (exact) mass is 404 g/mol. The van der Waals surface area contributed by atoms with Crippen molar-refractivity contribution < 1.29 is 19.8 Å². The number of carbonyl (C=O) groups is 2. The van der Waals surface area contributed by atoms with Crippen LogP contribution in [0.2, 0.25) is 0 Å². The molecular weight excluding hydrogens is 364 g/mol. The minimum Gasteiger partial charge on any atom is -0.368 e. The molecule has 4 rings (SSSR count). The van der Waals surface area contributed by atoms with Crippen LogP contribution in [0.1, 0.15) is 79.6 Å². The van der Waals surface area contributed by atoms with E-state index in [0.29, 0.717) is 29.8 Å². The summed E-state index contributed by atoms with van der Waals surface area (Å²) in [5.41, 5.74) is 0.0889. The van der Waals surface area contributed by atoms with Gasteiger partial charge in [-0.2, -0.15) is 0 Å². The molecule has 164 valence electrons. The Morgan fingerprint density at radius 3 is 2.31 bits per heavy atom. The van der Waals surface area contributed by atoms with Crippen LogP contribution >= 0.6 is 0 Å². The zero-order valence-electron chi connectivity index (χ0n) is 18.9. The Morgan fingerprint density at radius 1 is 1.03 bits per heavy atom. The largest absolute Gasteiger partial charge is 0.368 e. The number of hydrogen-bond donors (Lipinski definition) is 2. The minimum absolute atomic E-state index is 0.0115. The zero-order chi connectivity index (χ0) is 21.3. The molecule has 29 heavy (non-hydrogen) atoms. The number of rotatable bonds is 3. The minimum atomic E-state index is -1.29. The molecule has 4 nitrogen and oxygen atoms in total. The summed E-state index contributed by atoms with van der Waals surface area (Å²) >= 11 is 0. The summed E-state index contributed by atoms with van der Waals surface area (Å²) in [6.45, 7) is 10.9. The lowest BCUT2D eigenvalue weighted by Gasteiger charge is -2.62. The molecule has 0 saturated heterocycles. The van der Waals surface area contributed by atoms with E-state index >= 15 is 0 Å². The lowest BCUT2D eigenvalue weighted by Crippen LogP contribution is -2.61. The summed E-state index contributed by atoms with van der Waals surface area (Å²) in [6, 6.07) is 0. The molecule has 0 spiro atoms. The van der Waals surface area contributed by atoms with Crippen molar-refractivity contribution in [2.45, 2.75) is 85.9 Å². The second kappa shape index (κ2) is 7.15. The Labute approximate surface area is 175 Å². The lowest BCUT2D eigenvalue weighted by molar-refractivity contribution is -0.176. The molecule has 0 aromatic rings. The Bertz CT molecular complexity index is 686. The summed E-state index contributed by atoms with van der Waals surface area (Å²) in [4.78, 5) is 26.4. The van der Waals surface area contributed by atoms with E-state index in [-0.39, 0.29) is 46.3 Å². The predicted molar refractivity (Wildman–Crippen MR) is 112 cm³/mol. The van der Waals surface area contributed by atoms with Crippen LogP contribution in [0, 0.1) is 58.2 Å². The number of ketones is 2. The van der Waals surface area contributed by atoms with Crippen LogP contribution in [0.15, 0.2) is 0 Å². The van der Waals surface area contributed by atoms with E-state index in [4.69, 9.17) is 0 Å². The molecule has 4 aliphatic rings. The highest BCUT2D eigenvalue weighted by atomic mass is 16.5. The summed E-state index contributed by atoms with van der Waals surface area (Å²) in [5.74, 6) is 2.04. The molecule has 0 aromatic carbocycles. The van der Waals surface area contributed by atoms with Gasteiger partial charge >= 0.3 is 0 Å². The molecule has 0 heterocycles. The van der Waals surface area contributed by atoms with E-state index in [1.807, 2.05) is 6.92 Å². The molecule has 10 atom stereocenters. The van der Waals surface area contributed by atoms with Crippen molar-refractivity contribution in [2.75, 3.05) is 0 Å². The number of fused-ring (bicyclic) bond motifs is 5. The molecule has 0 amide bonds. The van der Waals surface area contributed by atoms with Crippen molar-refractivity contribution in [3.8, 4) is 0 Å². The maximum absolute atomic E-state index is 13.9. The highest BCUT2D eigenvalue weighted by Gasteiger charge is 2.65. The van der Waals surface area contributed by atoms with Crippen molar-refractivity contribution in [3.05, 3.63) is 0 Å². The van der Waals surface area contributed by atoms with Gasteiger partial charge in [-0.1, -0.05) is 34.6 Å². The Morgan fingerprint density at radius 2 is 1.69 bits per heavy atom. The van der Waals surface area contributed by atoms with E-state index in [2.05, 4.69) is 27.7 Å².